The van der Waals surface area contributed by atoms with Gasteiger partial charge >= 0.3 is 0 Å². The Bertz CT molecular complexity index is 394. The number of hydrogen-bond acceptors (Lipinski definition) is 3. The fourth-order valence-electron chi connectivity index (χ4n) is 1.76. The second kappa shape index (κ2) is 8.93. The summed E-state index contributed by atoms with van der Waals surface area (Å²) in [6, 6.07) is 4.62. The normalized spacial score (nSPS) is 11.3. The lowest BCUT2D eigenvalue weighted by molar-refractivity contribution is 0.0550. The van der Waals surface area contributed by atoms with Gasteiger partial charge in [0.15, 0.2) is 0 Å². The van der Waals surface area contributed by atoms with Gasteiger partial charge in [0.1, 0.15) is 18.2 Å². The van der Waals surface area contributed by atoms with Crippen molar-refractivity contribution in [2.75, 3.05) is 19.8 Å². The summed E-state index contributed by atoms with van der Waals surface area (Å²) in [4.78, 5) is 0. The van der Waals surface area contributed by atoms with Crippen molar-refractivity contribution in [3.8, 4) is 5.75 Å². The molecule has 114 valence electrons. The summed E-state index contributed by atoms with van der Waals surface area (Å²) in [5.74, 6) is 1.04. The van der Waals surface area contributed by atoms with E-state index in [9.17, 15) is 4.39 Å². The van der Waals surface area contributed by atoms with Crippen LogP contribution in [-0.2, 0) is 11.3 Å². The predicted octanol–water partition coefficient (Wildman–Crippen LogP) is 3.38. The molecule has 4 heteroatoms. The van der Waals surface area contributed by atoms with E-state index in [1.807, 2.05) is 13.8 Å². The topological polar surface area (TPSA) is 30.5 Å². The Hall–Kier alpha value is -1.13. The van der Waals surface area contributed by atoms with Crippen molar-refractivity contribution >= 4 is 0 Å². The van der Waals surface area contributed by atoms with Crippen LogP contribution in [-0.4, -0.2) is 25.9 Å². The van der Waals surface area contributed by atoms with Gasteiger partial charge in [-0.1, -0.05) is 13.8 Å². The largest absolute Gasteiger partial charge is 0.491 e. The van der Waals surface area contributed by atoms with E-state index in [-0.39, 0.29) is 11.9 Å². The highest BCUT2D eigenvalue weighted by Gasteiger charge is 2.06. The Morgan fingerprint density at radius 1 is 1.15 bits per heavy atom. The zero-order valence-corrected chi connectivity index (χ0v) is 12.9. The molecule has 1 aromatic rings. The van der Waals surface area contributed by atoms with Crippen molar-refractivity contribution in [1.29, 1.82) is 0 Å². The van der Waals surface area contributed by atoms with Crippen LogP contribution in [0.1, 0.15) is 33.3 Å². The Labute approximate surface area is 121 Å². The number of halogens is 1. The molecule has 0 unspecified atom stereocenters. The predicted molar refractivity (Wildman–Crippen MR) is 79.5 cm³/mol. The van der Waals surface area contributed by atoms with Crippen molar-refractivity contribution in [2.24, 2.45) is 5.92 Å². The van der Waals surface area contributed by atoms with E-state index in [2.05, 4.69) is 19.2 Å². The minimum Gasteiger partial charge on any atom is -0.491 e. The Kier molecular flexibility index (Phi) is 7.55. The fraction of sp³-hybridized carbons (Fsp3) is 0.625. The third kappa shape index (κ3) is 6.87. The molecule has 0 aromatic heterocycles. The molecular formula is C16H26FNO2. The van der Waals surface area contributed by atoms with Crippen LogP contribution in [0.15, 0.2) is 18.2 Å². The first-order valence-electron chi connectivity index (χ1n) is 7.22. The van der Waals surface area contributed by atoms with Crippen LogP contribution in [0, 0.1) is 11.7 Å². The molecule has 0 bridgehead atoms. The molecule has 1 rings (SSSR count). The lowest BCUT2D eigenvalue weighted by Crippen LogP contribution is -2.20. The molecule has 0 atom stereocenters. The van der Waals surface area contributed by atoms with Crippen LogP contribution in [0.4, 0.5) is 4.39 Å². The molecule has 0 spiro atoms. The van der Waals surface area contributed by atoms with Crippen molar-refractivity contribution in [2.45, 2.75) is 40.3 Å². The third-order valence-electron chi connectivity index (χ3n) is 2.68. The molecule has 0 amide bonds. The maximum atomic E-state index is 13.3. The van der Waals surface area contributed by atoms with E-state index in [0.29, 0.717) is 25.7 Å². The van der Waals surface area contributed by atoms with Gasteiger partial charge < -0.3 is 14.8 Å². The van der Waals surface area contributed by atoms with Gasteiger partial charge in [-0.2, -0.15) is 0 Å². The minimum absolute atomic E-state index is 0.194. The standard InChI is InChI=1S/C16H26FNO2/c1-12(2)10-18-11-14-9-15(17)5-6-16(14)20-8-7-19-13(3)4/h5-6,9,12-13,18H,7-8,10-11H2,1-4H3. The molecule has 0 fully saturated rings. The number of rotatable bonds is 9. The van der Waals surface area contributed by atoms with Gasteiger partial charge in [0.25, 0.3) is 0 Å². The zero-order chi connectivity index (χ0) is 15.0. The van der Waals surface area contributed by atoms with E-state index < -0.39 is 0 Å². The molecule has 0 aliphatic heterocycles. The van der Waals surface area contributed by atoms with Crippen LogP contribution >= 0.6 is 0 Å². The Morgan fingerprint density at radius 3 is 2.55 bits per heavy atom. The van der Waals surface area contributed by atoms with E-state index >= 15 is 0 Å². The zero-order valence-electron chi connectivity index (χ0n) is 12.9. The number of ether oxygens (including phenoxy) is 2. The van der Waals surface area contributed by atoms with Gasteiger partial charge in [-0.3, -0.25) is 0 Å². The number of benzene rings is 1. The van der Waals surface area contributed by atoms with Crippen molar-refractivity contribution in [3.05, 3.63) is 29.6 Å². The van der Waals surface area contributed by atoms with Crippen LogP contribution in [0.3, 0.4) is 0 Å². The summed E-state index contributed by atoms with van der Waals surface area (Å²) in [6.07, 6.45) is 0.194. The first-order chi connectivity index (χ1) is 9.49. The lowest BCUT2D eigenvalue weighted by Gasteiger charge is -2.14. The SMILES string of the molecule is CC(C)CNCc1cc(F)ccc1OCCOC(C)C. The molecule has 1 N–H and O–H groups in total. The minimum atomic E-state index is -0.239. The van der Waals surface area contributed by atoms with E-state index in [0.717, 1.165) is 17.9 Å². The lowest BCUT2D eigenvalue weighted by atomic mass is 10.1. The first kappa shape index (κ1) is 16.9. The molecule has 0 radical (unpaired) electrons. The van der Waals surface area contributed by atoms with Gasteiger partial charge in [0, 0.05) is 12.1 Å². The Balaban J connectivity index is 2.51. The molecule has 3 nitrogen and oxygen atoms in total. The second-order valence-electron chi connectivity index (χ2n) is 5.54. The molecule has 0 saturated carbocycles. The van der Waals surface area contributed by atoms with Crippen LogP contribution in [0.25, 0.3) is 0 Å². The average Bonchev–Trinajstić information content (AvgIpc) is 2.36. The fourth-order valence-corrected chi connectivity index (χ4v) is 1.76. The third-order valence-corrected chi connectivity index (χ3v) is 2.68. The smallest absolute Gasteiger partial charge is 0.124 e. The monoisotopic (exact) mass is 283 g/mol. The van der Waals surface area contributed by atoms with Gasteiger partial charge in [-0.15, -0.1) is 0 Å². The van der Waals surface area contributed by atoms with E-state index in [4.69, 9.17) is 9.47 Å². The van der Waals surface area contributed by atoms with Crippen LogP contribution < -0.4 is 10.1 Å². The van der Waals surface area contributed by atoms with Crippen molar-refractivity contribution < 1.29 is 13.9 Å². The average molecular weight is 283 g/mol. The molecule has 0 heterocycles. The van der Waals surface area contributed by atoms with E-state index in [1.165, 1.54) is 12.1 Å². The van der Waals surface area contributed by atoms with Crippen LogP contribution in [0.2, 0.25) is 0 Å². The summed E-state index contributed by atoms with van der Waals surface area (Å²) in [7, 11) is 0. The van der Waals surface area contributed by atoms with Crippen LogP contribution in [0.5, 0.6) is 5.75 Å². The molecule has 0 aliphatic carbocycles. The summed E-state index contributed by atoms with van der Waals surface area (Å²) < 4.78 is 24.4. The van der Waals surface area contributed by atoms with E-state index in [1.54, 1.807) is 6.07 Å². The highest BCUT2D eigenvalue weighted by Crippen LogP contribution is 2.19. The van der Waals surface area contributed by atoms with Crippen molar-refractivity contribution in [3.63, 3.8) is 0 Å². The summed E-state index contributed by atoms with van der Waals surface area (Å²) in [6.45, 7) is 10.8. The maximum absolute atomic E-state index is 13.3. The summed E-state index contributed by atoms with van der Waals surface area (Å²) in [5.41, 5.74) is 0.843. The van der Waals surface area contributed by atoms with Gasteiger partial charge in [0.05, 0.1) is 12.7 Å². The quantitative estimate of drug-likeness (QED) is 0.705. The summed E-state index contributed by atoms with van der Waals surface area (Å²) in [5, 5.41) is 3.30. The second-order valence-corrected chi connectivity index (χ2v) is 5.54. The molecule has 1 aromatic carbocycles. The highest BCUT2D eigenvalue weighted by molar-refractivity contribution is 5.33. The first-order valence-corrected chi connectivity index (χ1v) is 7.22. The number of nitrogens with one attached hydrogen (secondary N) is 1. The number of hydrogen-bond donors (Lipinski definition) is 1. The molecule has 0 saturated heterocycles. The molecule has 20 heavy (non-hydrogen) atoms. The van der Waals surface area contributed by atoms with Crippen molar-refractivity contribution in [1.82, 2.24) is 5.32 Å². The summed E-state index contributed by atoms with van der Waals surface area (Å²) >= 11 is 0. The van der Waals surface area contributed by atoms with Gasteiger partial charge in [0.2, 0.25) is 0 Å². The highest BCUT2D eigenvalue weighted by atomic mass is 19.1. The Morgan fingerprint density at radius 2 is 1.90 bits per heavy atom. The molecular weight excluding hydrogens is 257 g/mol. The van der Waals surface area contributed by atoms with Gasteiger partial charge in [-0.05, 0) is 44.5 Å². The molecule has 0 aliphatic rings. The maximum Gasteiger partial charge on any atom is 0.124 e. The van der Waals surface area contributed by atoms with Gasteiger partial charge in [-0.25, -0.2) is 4.39 Å².